The molecule has 0 aliphatic carbocycles. The molecule has 0 amide bonds. The average molecular weight is 365 g/mol. The topological polar surface area (TPSA) is 87.4 Å². The summed E-state index contributed by atoms with van der Waals surface area (Å²) >= 11 is 5.76. The molecule has 0 radical (unpaired) electrons. The van der Waals surface area contributed by atoms with Gasteiger partial charge in [0.2, 0.25) is 0 Å². The van der Waals surface area contributed by atoms with Gasteiger partial charge in [-0.25, -0.2) is 0 Å². The van der Waals surface area contributed by atoms with Gasteiger partial charge in [-0.05, 0) is 67.6 Å². The third-order valence-electron chi connectivity index (χ3n) is 4.35. The van der Waals surface area contributed by atoms with Crippen molar-refractivity contribution in [1.29, 1.82) is 0 Å². The molecule has 0 atom stereocenters. The Balaban J connectivity index is 6.32. The Labute approximate surface area is 152 Å². The fourth-order valence-corrected chi connectivity index (χ4v) is 4.05. The highest BCUT2D eigenvalue weighted by Gasteiger charge is 2.47. The zero-order valence-electron chi connectivity index (χ0n) is 16.4. The molecule has 6 nitrogen and oxygen atoms in total. The van der Waals surface area contributed by atoms with Crippen LogP contribution in [0.5, 0.6) is 0 Å². The summed E-state index contributed by atoms with van der Waals surface area (Å²) in [4.78, 5) is 3.59. The van der Waals surface area contributed by atoms with Gasteiger partial charge in [0.05, 0.1) is 48.6 Å². The zero-order chi connectivity index (χ0) is 19.6. The van der Waals surface area contributed by atoms with E-state index in [1.54, 1.807) is 9.80 Å². The largest absolute Gasteiger partial charge is 0.394 e. The van der Waals surface area contributed by atoms with Crippen molar-refractivity contribution in [2.75, 3.05) is 26.4 Å². The van der Waals surface area contributed by atoms with Crippen LogP contribution in [0.25, 0.3) is 0 Å². The van der Waals surface area contributed by atoms with Crippen molar-refractivity contribution in [2.45, 2.75) is 77.5 Å². The Bertz CT molecular complexity index is 366. The van der Waals surface area contributed by atoms with Crippen LogP contribution in [0.1, 0.15) is 55.4 Å². The van der Waals surface area contributed by atoms with Gasteiger partial charge in [-0.15, -0.1) is 0 Å². The number of aliphatic hydroxyl groups is 4. The minimum absolute atomic E-state index is 0.163. The maximum Gasteiger partial charge on any atom is 0.173 e. The van der Waals surface area contributed by atoms with Gasteiger partial charge in [-0.3, -0.25) is 0 Å². The predicted octanol–water partition coefficient (Wildman–Crippen LogP) is 0.959. The molecule has 0 aliphatic rings. The van der Waals surface area contributed by atoms with Crippen molar-refractivity contribution in [1.82, 2.24) is 9.80 Å². The summed E-state index contributed by atoms with van der Waals surface area (Å²) in [7, 11) is 0. The smallest absolute Gasteiger partial charge is 0.173 e. The maximum atomic E-state index is 9.87. The van der Waals surface area contributed by atoms with E-state index in [2.05, 4.69) is 0 Å². The second kappa shape index (κ2) is 7.83. The van der Waals surface area contributed by atoms with E-state index in [0.29, 0.717) is 5.11 Å². The average Bonchev–Trinajstić information content (AvgIpc) is 2.46. The molecule has 4 N–H and O–H groups in total. The fraction of sp³-hybridized carbons (Fsp3) is 0.941. The number of hydrogen-bond donors (Lipinski definition) is 4. The standard InChI is InChI=1S/C17H36N2O4S/c1-14(2,9-20)18(15(3,4)10-21)13(24)19(16(5,6)11-22)17(7,8)12-23/h20-23H,9-12H2,1-8H3. The van der Waals surface area contributed by atoms with Gasteiger partial charge < -0.3 is 30.2 Å². The van der Waals surface area contributed by atoms with Crippen LogP contribution >= 0.6 is 12.2 Å². The summed E-state index contributed by atoms with van der Waals surface area (Å²) in [5.74, 6) is 0. The summed E-state index contributed by atoms with van der Waals surface area (Å²) in [5, 5.41) is 39.9. The first-order valence-electron chi connectivity index (χ1n) is 8.22. The summed E-state index contributed by atoms with van der Waals surface area (Å²) in [6, 6.07) is 0. The van der Waals surface area contributed by atoms with Gasteiger partial charge >= 0.3 is 0 Å². The molecular weight excluding hydrogens is 328 g/mol. The number of rotatable bonds is 8. The Morgan fingerprint density at radius 3 is 0.875 bits per heavy atom. The van der Waals surface area contributed by atoms with Gasteiger partial charge in [0, 0.05) is 0 Å². The lowest BCUT2D eigenvalue weighted by Gasteiger charge is -2.57. The molecule has 0 saturated heterocycles. The molecule has 0 aromatic rings. The third-order valence-corrected chi connectivity index (χ3v) is 4.72. The van der Waals surface area contributed by atoms with Crippen LogP contribution in [0.3, 0.4) is 0 Å². The van der Waals surface area contributed by atoms with Crippen molar-refractivity contribution in [3.8, 4) is 0 Å². The number of hydrogen-bond acceptors (Lipinski definition) is 5. The highest BCUT2D eigenvalue weighted by atomic mass is 32.1. The summed E-state index contributed by atoms with van der Waals surface area (Å²) in [6.07, 6.45) is 0. The molecule has 0 unspecified atom stereocenters. The molecule has 0 aromatic carbocycles. The molecule has 0 saturated carbocycles. The van der Waals surface area contributed by atoms with E-state index in [9.17, 15) is 20.4 Å². The summed E-state index contributed by atoms with van der Waals surface area (Å²) < 4.78 is 0. The van der Waals surface area contributed by atoms with Gasteiger partial charge in [-0.1, -0.05) is 0 Å². The normalized spacial score (nSPS) is 13.8. The lowest BCUT2D eigenvalue weighted by atomic mass is 9.91. The SMILES string of the molecule is CC(C)(CO)N(C(=S)N(C(C)(C)CO)C(C)(C)CO)C(C)(C)CO. The molecule has 0 rings (SSSR count). The summed E-state index contributed by atoms with van der Waals surface area (Å²) in [5.41, 5.74) is -2.95. The second-order valence-corrected chi connectivity index (χ2v) is 9.20. The zero-order valence-corrected chi connectivity index (χ0v) is 17.2. The Morgan fingerprint density at radius 1 is 0.583 bits per heavy atom. The highest BCUT2D eigenvalue weighted by Crippen LogP contribution is 2.33. The van der Waals surface area contributed by atoms with Crippen LogP contribution in [-0.4, -0.2) is 83.9 Å². The quantitative estimate of drug-likeness (QED) is 0.477. The van der Waals surface area contributed by atoms with Crippen LogP contribution < -0.4 is 0 Å². The van der Waals surface area contributed by atoms with Crippen LogP contribution in [0.4, 0.5) is 0 Å². The molecule has 0 spiro atoms. The van der Waals surface area contributed by atoms with Gasteiger partial charge in [0.25, 0.3) is 0 Å². The molecule has 0 aliphatic heterocycles. The lowest BCUT2D eigenvalue weighted by Crippen LogP contribution is -2.71. The Kier molecular flexibility index (Phi) is 7.67. The third kappa shape index (κ3) is 4.79. The number of nitrogens with zero attached hydrogens (tertiary/aromatic N) is 2. The van der Waals surface area contributed by atoms with Crippen molar-refractivity contribution < 1.29 is 20.4 Å². The summed E-state index contributed by atoms with van der Waals surface area (Å²) in [6.45, 7) is 14.1. The second-order valence-electron chi connectivity index (χ2n) is 8.84. The van der Waals surface area contributed by atoms with E-state index in [1.165, 1.54) is 0 Å². The minimum Gasteiger partial charge on any atom is -0.394 e. The van der Waals surface area contributed by atoms with E-state index in [0.717, 1.165) is 0 Å². The van der Waals surface area contributed by atoms with E-state index in [1.807, 2.05) is 55.4 Å². The van der Waals surface area contributed by atoms with Gasteiger partial charge in [0.15, 0.2) is 5.11 Å². The lowest BCUT2D eigenvalue weighted by molar-refractivity contribution is -0.0326. The Morgan fingerprint density at radius 2 is 0.750 bits per heavy atom. The molecule has 24 heavy (non-hydrogen) atoms. The first kappa shape index (κ1) is 23.5. The molecule has 7 heteroatoms. The van der Waals surface area contributed by atoms with Gasteiger partial charge in [-0.2, -0.15) is 0 Å². The van der Waals surface area contributed by atoms with Crippen molar-refractivity contribution in [3.63, 3.8) is 0 Å². The first-order chi connectivity index (χ1) is 10.6. The Hall–Kier alpha value is -0.470. The monoisotopic (exact) mass is 364 g/mol. The fourth-order valence-electron chi connectivity index (χ4n) is 3.06. The van der Waals surface area contributed by atoms with Gasteiger partial charge in [0.1, 0.15) is 0 Å². The minimum atomic E-state index is -0.737. The predicted molar refractivity (Wildman–Crippen MR) is 101 cm³/mol. The molecule has 0 bridgehead atoms. The highest BCUT2D eigenvalue weighted by molar-refractivity contribution is 7.80. The van der Waals surface area contributed by atoms with Crippen LogP contribution in [-0.2, 0) is 0 Å². The number of thiocarbonyl (C=S) groups is 1. The molecule has 0 heterocycles. The maximum absolute atomic E-state index is 9.87. The molecule has 144 valence electrons. The van der Waals surface area contributed by atoms with Crippen LogP contribution in [0.2, 0.25) is 0 Å². The van der Waals surface area contributed by atoms with Crippen molar-refractivity contribution in [3.05, 3.63) is 0 Å². The van der Waals surface area contributed by atoms with Crippen molar-refractivity contribution >= 4 is 17.3 Å². The molecule has 0 aromatic heterocycles. The van der Waals surface area contributed by atoms with E-state index < -0.39 is 22.2 Å². The van der Waals surface area contributed by atoms with E-state index >= 15 is 0 Å². The van der Waals surface area contributed by atoms with Crippen molar-refractivity contribution in [2.24, 2.45) is 0 Å². The molecule has 0 fully saturated rings. The molecular formula is C17H36N2O4S. The van der Waals surface area contributed by atoms with Crippen LogP contribution in [0, 0.1) is 0 Å². The van der Waals surface area contributed by atoms with Crippen LogP contribution in [0.15, 0.2) is 0 Å². The van der Waals surface area contributed by atoms with E-state index in [4.69, 9.17) is 12.2 Å². The van der Waals surface area contributed by atoms with E-state index in [-0.39, 0.29) is 26.4 Å². The first-order valence-corrected chi connectivity index (χ1v) is 8.63. The number of aliphatic hydroxyl groups excluding tert-OH is 4.